The molecule has 1 saturated carbocycles. The second-order valence-electron chi connectivity index (χ2n) is 7.01. The first-order valence-electron chi connectivity index (χ1n) is 9.65. The van der Waals surface area contributed by atoms with Gasteiger partial charge in [-0.3, -0.25) is 4.99 Å². The van der Waals surface area contributed by atoms with E-state index in [-0.39, 0.29) is 42.9 Å². The molecule has 1 fully saturated rings. The van der Waals surface area contributed by atoms with Gasteiger partial charge in [0.2, 0.25) is 0 Å². The number of ether oxygens (including phenoxy) is 3. The van der Waals surface area contributed by atoms with E-state index in [2.05, 4.69) is 15.6 Å². The third-order valence-electron chi connectivity index (χ3n) is 5.19. The van der Waals surface area contributed by atoms with Crippen molar-refractivity contribution in [1.29, 1.82) is 0 Å². The van der Waals surface area contributed by atoms with Gasteiger partial charge in [0.25, 0.3) is 0 Å². The topological polar surface area (TPSA) is 64.1 Å². The van der Waals surface area contributed by atoms with Gasteiger partial charge < -0.3 is 24.8 Å². The molecule has 2 unspecified atom stereocenters. The zero-order valence-electron chi connectivity index (χ0n) is 17.8. The maximum absolute atomic E-state index is 13.0. The lowest BCUT2D eigenvalue weighted by atomic mass is 9.85. The van der Waals surface area contributed by atoms with Gasteiger partial charge in [0, 0.05) is 37.3 Å². The molecule has 1 aromatic carbocycles. The SMILES string of the molecule is CN=C(NCCc1c(OC)cc(OC)cc1OC)NC1CCCC(C(F)(F)F)C1.I. The normalized spacial score (nSPS) is 19.5. The molecule has 1 aliphatic rings. The summed E-state index contributed by atoms with van der Waals surface area (Å²) in [6.45, 7) is 0.508. The van der Waals surface area contributed by atoms with E-state index >= 15 is 0 Å². The van der Waals surface area contributed by atoms with Gasteiger partial charge in [0.15, 0.2) is 5.96 Å². The Bertz CT molecular complexity index is 677. The van der Waals surface area contributed by atoms with Crippen LogP contribution in [0.1, 0.15) is 31.2 Å². The van der Waals surface area contributed by atoms with Gasteiger partial charge in [0.1, 0.15) is 17.2 Å². The maximum Gasteiger partial charge on any atom is 0.391 e. The lowest BCUT2D eigenvalue weighted by molar-refractivity contribution is -0.183. The summed E-state index contributed by atoms with van der Waals surface area (Å²) in [7, 11) is 6.32. The molecule has 0 radical (unpaired) electrons. The molecule has 2 rings (SSSR count). The minimum absolute atomic E-state index is 0. The van der Waals surface area contributed by atoms with Gasteiger partial charge in [0.05, 0.1) is 27.2 Å². The maximum atomic E-state index is 13.0. The molecule has 0 spiro atoms. The molecule has 0 amide bonds. The average molecular weight is 545 g/mol. The van der Waals surface area contributed by atoms with Crippen molar-refractivity contribution in [2.45, 2.75) is 44.3 Å². The van der Waals surface area contributed by atoms with E-state index in [1.54, 1.807) is 40.5 Å². The van der Waals surface area contributed by atoms with Crippen LogP contribution in [0.5, 0.6) is 17.2 Å². The Balaban J connectivity index is 0.00000450. The Morgan fingerprint density at radius 1 is 1.10 bits per heavy atom. The highest BCUT2D eigenvalue weighted by molar-refractivity contribution is 14.0. The molecular formula is C20H31F3IN3O3. The molecular weight excluding hydrogens is 514 g/mol. The summed E-state index contributed by atoms with van der Waals surface area (Å²) in [5.41, 5.74) is 0.869. The van der Waals surface area contributed by atoms with Crippen LogP contribution in [0.15, 0.2) is 17.1 Å². The number of nitrogens with one attached hydrogen (secondary N) is 2. The molecule has 0 aliphatic heterocycles. The van der Waals surface area contributed by atoms with Gasteiger partial charge >= 0.3 is 6.18 Å². The van der Waals surface area contributed by atoms with Crippen LogP contribution in [-0.4, -0.2) is 53.1 Å². The minimum atomic E-state index is -4.14. The molecule has 172 valence electrons. The predicted molar refractivity (Wildman–Crippen MR) is 122 cm³/mol. The van der Waals surface area contributed by atoms with E-state index in [0.717, 1.165) is 5.56 Å². The lowest BCUT2D eigenvalue weighted by Gasteiger charge is -2.31. The van der Waals surface area contributed by atoms with Crippen LogP contribution < -0.4 is 24.8 Å². The largest absolute Gasteiger partial charge is 0.496 e. The fraction of sp³-hybridized carbons (Fsp3) is 0.650. The Morgan fingerprint density at radius 2 is 1.73 bits per heavy atom. The number of hydrogen-bond donors (Lipinski definition) is 2. The standard InChI is InChI=1S/C20H30F3N3O3.HI/c1-24-19(26-14-7-5-6-13(10-14)20(21,22)23)25-9-8-16-17(28-3)11-15(27-2)12-18(16)29-4;/h11-14H,5-10H2,1-4H3,(H2,24,25,26);1H. The van der Waals surface area contributed by atoms with Crippen LogP contribution in [0.3, 0.4) is 0 Å². The Hall–Kier alpha value is -1.59. The van der Waals surface area contributed by atoms with Crippen molar-refractivity contribution in [3.05, 3.63) is 17.7 Å². The number of nitrogens with zero attached hydrogens (tertiary/aromatic N) is 1. The number of aliphatic imine (C=N–C) groups is 1. The Labute approximate surface area is 193 Å². The molecule has 10 heteroatoms. The zero-order chi connectivity index (χ0) is 21.4. The van der Waals surface area contributed by atoms with Crippen molar-refractivity contribution in [3.8, 4) is 17.2 Å². The third kappa shape index (κ3) is 7.28. The average Bonchev–Trinajstić information content (AvgIpc) is 2.72. The molecule has 1 aromatic rings. The zero-order valence-corrected chi connectivity index (χ0v) is 20.1. The van der Waals surface area contributed by atoms with Gasteiger partial charge in [-0.1, -0.05) is 6.42 Å². The van der Waals surface area contributed by atoms with Gasteiger partial charge in [-0.2, -0.15) is 13.2 Å². The first kappa shape index (κ1) is 26.4. The Morgan fingerprint density at radius 3 is 2.23 bits per heavy atom. The summed E-state index contributed by atoms with van der Waals surface area (Å²) >= 11 is 0. The highest BCUT2D eigenvalue weighted by atomic mass is 127. The summed E-state index contributed by atoms with van der Waals surface area (Å²) in [6, 6.07) is 3.32. The number of alkyl halides is 3. The molecule has 6 nitrogen and oxygen atoms in total. The first-order chi connectivity index (χ1) is 13.8. The third-order valence-corrected chi connectivity index (χ3v) is 5.19. The summed E-state index contributed by atoms with van der Waals surface area (Å²) in [4.78, 5) is 4.14. The van der Waals surface area contributed by atoms with E-state index in [1.165, 1.54) is 0 Å². The number of methoxy groups -OCH3 is 3. The van der Waals surface area contributed by atoms with Crippen LogP contribution in [0.2, 0.25) is 0 Å². The number of benzene rings is 1. The summed E-state index contributed by atoms with van der Waals surface area (Å²) < 4.78 is 55.2. The quantitative estimate of drug-likeness (QED) is 0.306. The summed E-state index contributed by atoms with van der Waals surface area (Å²) in [5, 5.41) is 6.29. The van der Waals surface area contributed by atoms with Crippen molar-refractivity contribution < 1.29 is 27.4 Å². The van der Waals surface area contributed by atoms with Crippen molar-refractivity contribution in [2.24, 2.45) is 10.9 Å². The number of halogens is 4. The summed E-state index contributed by atoms with van der Waals surface area (Å²) in [5.74, 6) is 1.16. The van der Waals surface area contributed by atoms with E-state index < -0.39 is 12.1 Å². The van der Waals surface area contributed by atoms with Crippen LogP contribution in [0.25, 0.3) is 0 Å². The van der Waals surface area contributed by atoms with E-state index in [4.69, 9.17) is 14.2 Å². The van der Waals surface area contributed by atoms with Crippen LogP contribution in [0.4, 0.5) is 13.2 Å². The second-order valence-corrected chi connectivity index (χ2v) is 7.01. The molecule has 30 heavy (non-hydrogen) atoms. The molecule has 0 bridgehead atoms. The van der Waals surface area contributed by atoms with Crippen molar-refractivity contribution >= 4 is 29.9 Å². The van der Waals surface area contributed by atoms with Crippen LogP contribution in [0, 0.1) is 5.92 Å². The van der Waals surface area contributed by atoms with Gasteiger partial charge in [-0.05, 0) is 25.7 Å². The highest BCUT2D eigenvalue weighted by Gasteiger charge is 2.42. The monoisotopic (exact) mass is 545 g/mol. The van der Waals surface area contributed by atoms with Gasteiger partial charge in [-0.25, -0.2) is 0 Å². The molecule has 2 N–H and O–H groups in total. The predicted octanol–water partition coefficient (Wildman–Crippen LogP) is 4.16. The molecule has 0 aromatic heterocycles. The van der Waals surface area contributed by atoms with Crippen LogP contribution >= 0.6 is 24.0 Å². The summed E-state index contributed by atoms with van der Waals surface area (Å²) in [6.07, 6.45) is -2.03. The minimum Gasteiger partial charge on any atom is -0.496 e. The number of guanidine groups is 1. The van der Waals surface area contributed by atoms with Crippen molar-refractivity contribution in [1.82, 2.24) is 10.6 Å². The fourth-order valence-corrected chi connectivity index (χ4v) is 3.64. The van der Waals surface area contributed by atoms with Crippen LogP contribution in [-0.2, 0) is 6.42 Å². The van der Waals surface area contributed by atoms with E-state index in [9.17, 15) is 13.2 Å². The molecule has 1 aliphatic carbocycles. The number of hydrogen-bond acceptors (Lipinski definition) is 4. The smallest absolute Gasteiger partial charge is 0.391 e. The van der Waals surface area contributed by atoms with E-state index in [1.807, 2.05) is 0 Å². The Kier molecular flexibility index (Phi) is 10.9. The molecule has 0 heterocycles. The van der Waals surface area contributed by atoms with Crippen molar-refractivity contribution in [3.63, 3.8) is 0 Å². The van der Waals surface area contributed by atoms with Gasteiger partial charge in [-0.15, -0.1) is 24.0 Å². The lowest BCUT2D eigenvalue weighted by Crippen LogP contribution is -2.47. The first-order valence-corrected chi connectivity index (χ1v) is 9.65. The van der Waals surface area contributed by atoms with E-state index in [0.29, 0.717) is 49.0 Å². The molecule has 2 atom stereocenters. The molecule has 0 saturated heterocycles. The highest BCUT2D eigenvalue weighted by Crippen LogP contribution is 2.37. The second kappa shape index (κ2) is 12.3. The number of rotatable bonds is 7. The van der Waals surface area contributed by atoms with Crippen molar-refractivity contribution in [2.75, 3.05) is 34.9 Å². The fourth-order valence-electron chi connectivity index (χ4n) is 3.64.